The Kier molecular flexibility index (Phi) is 4.75. The first kappa shape index (κ1) is 17.7. The van der Waals surface area contributed by atoms with E-state index >= 15 is 0 Å². The number of rotatable bonds is 5. The first-order valence-corrected chi connectivity index (χ1v) is 11.3. The van der Waals surface area contributed by atoms with Crippen LogP contribution in [-0.2, 0) is 17.9 Å². The molecule has 6 rings (SSSR count). The van der Waals surface area contributed by atoms with Crippen molar-refractivity contribution in [1.29, 1.82) is 0 Å². The van der Waals surface area contributed by atoms with Crippen LogP contribution in [0.25, 0.3) is 0 Å². The van der Waals surface area contributed by atoms with E-state index in [4.69, 9.17) is 0 Å². The zero-order valence-corrected chi connectivity index (χ0v) is 16.6. The van der Waals surface area contributed by atoms with Crippen molar-refractivity contribution in [3.63, 3.8) is 0 Å². The van der Waals surface area contributed by atoms with Gasteiger partial charge in [0.1, 0.15) is 0 Å². The quantitative estimate of drug-likeness (QED) is 0.832. The standard InChI is InChI=1S/C24H34N2O/c27-23(24-13-20-10-21(14-24)12-22(11-20)15-24)25-16-18-4-6-19(7-5-18)17-26-8-2-1-3-9-26/h4-7,20-22H,1-3,8-17H2,(H,25,27). The minimum Gasteiger partial charge on any atom is -0.352 e. The van der Waals surface area contributed by atoms with Crippen LogP contribution in [0.3, 0.4) is 0 Å². The molecule has 1 heterocycles. The zero-order chi connectivity index (χ0) is 18.3. The average molecular weight is 367 g/mol. The van der Waals surface area contributed by atoms with Crippen LogP contribution in [0.4, 0.5) is 0 Å². The van der Waals surface area contributed by atoms with E-state index in [2.05, 4.69) is 34.5 Å². The number of amides is 1. The molecule has 0 atom stereocenters. The number of hydrogen-bond donors (Lipinski definition) is 1. The Hall–Kier alpha value is -1.35. The lowest BCUT2D eigenvalue weighted by Gasteiger charge is -2.55. The van der Waals surface area contributed by atoms with Crippen molar-refractivity contribution in [2.75, 3.05) is 13.1 Å². The third-order valence-electron chi connectivity index (χ3n) is 7.85. The number of carbonyl (C=O) groups is 1. The molecule has 1 saturated heterocycles. The van der Waals surface area contributed by atoms with Gasteiger partial charge < -0.3 is 5.32 Å². The molecule has 1 aromatic rings. The van der Waals surface area contributed by atoms with E-state index in [0.717, 1.165) is 43.6 Å². The molecule has 0 aromatic heterocycles. The van der Waals surface area contributed by atoms with Crippen molar-refractivity contribution in [2.45, 2.75) is 70.9 Å². The fourth-order valence-corrected chi connectivity index (χ4v) is 6.90. The lowest BCUT2D eigenvalue weighted by atomic mass is 9.49. The van der Waals surface area contributed by atoms with Crippen molar-refractivity contribution >= 4 is 5.91 Å². The highest BCUT2D eigenvalue weighted by atomic mass is 16.2. The minimum atomic E-state index is -0.0248. The van der Waals surface area contributed by atoms with E-state index in [1.807, 2.05) is 0 Å². The largest absolute Gasteiger partial charge is 0.352 e. The fourth-order valence-electron chi connectivity index (χ4n) is 6.90. The highest BCUT2D eigenvalue weighted by Crippen LogP contribution is 2.60. The predicted molar refractivity (Wildman–Crippen MR) is 108 cm³/mol. The predicted octanol–water partition coefficient (Wildman–Crippen LogP) is 4.51. The summed E-state index contributed by atoms with van der Waals surface area (Å²) in [6, 6.07) is 8.92. The summed E-state index contributed by atoms with van der Waals surface area (Å²) in [5.41, 5.74) is 2.60. The molecule has 1 amide bonds. The Balaban J connectivity index is 1.16. The van der Waals surface area contributed by atoms with Gasteiger partial charge in [0.15, 0.2) is 0 Å². The molecule has 5 fully saturated rings. The van der Waals surface area contributed by atoms with E-state index in [1.54, 1.807) is 0 Å². The molecule has 1 aromatic carbocycles. The second-order valence-corrected chi connectivity index (χ2v) is 10.0. The van der Waals surface area contributed by atoms with Crippen molar-refractivity contribution in [1.82, 2.24) is 10.2 Å². The highest BCUT2D eigenvalue weighted by molar-refractivity contribution is 5.83. The molecule has 4 aliphatic carbocycles. The van der Waals surface area contributed by atoms with Crippen LogP contribution in [0.1, 0.15) is 68.9 Å². The number of nitrogens with one attached hydrogen (secondary N) is 1. The second kappa shape index (κ2) is 7.24. The molecule has 3 nitrogen and oxygen atoms in total. The van der Waals surface area contributed by atoms with E-state index in [-0.39, 0.29) is 5.41 Å². The van der Waals surface area contributed by atoms with Gasteiger partial charge in [0.05, 0.1) is 0 Å². The first-order chi connectivity index (χ1) is 13.2. The first-order valence-electron chi connectivity index (χ1n) is 11.3. The van der Waals surface area contributed by atoms with Crippen LogP contribution in [0.2, 0.25) is 0 Å². The monoisotopic (exact) mass is 366 g/mol. The molecule has 1 aliphatic heterocycles. The van der Waals surface area contributed by atoms with E-state index in [1.165, 1.54) is 62.7 Å². The van der Waals surface area contributed by atoms with E-state index < -0.39 is 0 Å². The topological polar surface area (TPSA) is 32.3 Å². The molecule has 1 N–H and O–H groups in total. The van der Waals surface area contributed by atoms with Gasteiger partial charge in [0, 0.05) is 18.5 Å². The van der Waals surface area contributed by atoms with Gasteiger partial charge in [-0.05, 0) is 93.3 Å². The van der Waals surface area contributed by atoms with Gasteiger partial charge >= 0.3 is 0 Å². The highest BCUT2D eigenvalue weighted by Gasteiger charge is 2.54. The number of benzene rings is 1. The Labute approximate surface area is 163 Å². The van der Waals surface area contributed by atoms with Gasteiger partial charge in [0.2, 0.25) is 5.91 Å². The van der Waals surface area contributed by atoms with Crippen LogP contribution in [0.15, 0.2) is 24.3 Å². The lowest BCUT2D eigenvalue weighted by molar-refractivity contribution is -0.146. The number of hydrogen-bond acceptors (Lipinski definition) is 2. The third kappa shape index (κ3) is 3.68. The molecule has 0 radical (unpaired) electrons. The second-order valence-electron chi connectivity index (χ2n) is 10.0. The molecular formula is C24H34N2O. The Bertz CT molecular complexity index is 639. The van der Waals surface area contributed by atoms with Gasteiger partial charge in [0.25, 0.3) is 0 Å². The van der Waals surface area contributed by atoms with Gasteiger partial charge in [-0.25, -0.2) is 0 Å². The average Bonchev–Trinajstić information content (AvgIpc) is 2.67. The molecule has 146 valence electrons. The molecule has 0 spiro atoms. The van der Waals surface area contributed by atoms with Crippen LogP contribution >= 0.6 is 0 Å². The summed E-state index contributed by atoms with van der Waals surface area (Å²) in [7, 11) is 0. The van der Waals surface area contributed by atoms with Crippen molar-refractivity contribution in [2.24, 2.45) is 23.2 Å². The van der Waals surface area contributed by atoms with Gasteiger partial charge in [-0.2, -0.15) is 0 Å². The van der Waals surface area contributed by atoms with Gasteiger partial charge in [-0.1, -0.05) is 30.7 Å². The number of nitrogens with zero attached hydrogens (tertiary/aromatic N) is 1. The summed E-state index contributed by atoms with van der Waals surface area (Å²) < 4.78 is 0. The van der Waals surface area contributed by atoms with Crippen molar-refractivity contribution < 1.29 is 4.79 Å². The Morgan fingerprint density at radius 3 is 2.04 bits per heavy atom. The Morgan fingerprint density at radius 1 is 0.889 bits per heavy atom. The van der Waals surface area contributed by atoms with Gasteiger partial charge in [-0.3, -0.25) is 9.69 Å². The summed E-state index contributed by atoms with van der Waals surface area (Å²) in [5, 5.41) is 3.31. The molecule has 3 heteroatoms. The third-order valence-corrected chi connectivity index (χ3v) is 7.85. The molecule has 4 saturated carbocycles. The fraction of sp³-hybridized carbons (Fsp3) is 0.708. The summed E-state index contributed by atoms with van der Waals surface area (Å²) in [6.07, 6.45) is 11.7. The van der Waals surface area contributed by atoms with Crippen molar-refractivity contribution in [3.8, 4) is 0 Å². The summed E-state index contributed by atoms with van der Waals surface area (Å²) in [6.45, 7) is 4.23. The van der Waals surface area contributed by atoms with E-state index in [0.29, 0.717) is 12.5 Å². The number of carbonyl (C=O) groups excluding carboxylic acids is 1. The normalized spacial score (nSPS) is 35.3. The van der Waals surface area contributed by atoms with Crippen LogP contribution < -0.4 is 5.32 Å². The summed E-state index contributed by atoms with van der Waals surface area (Å²) >= 11 is 0. The van der Waals surface area contributed by atoms with Crippen LogP contribution in [0, 0.1) is 23.2 Å². The van der Waals surface area contributed by atoms with E-state index in [9.17, 15) is 4.79 Å². The maximum absolute atomic E-state index is 13.1. The summed E-state index contributed by atoms with van der Waals surface area (Å²) in [5.74, 6) is 2.84. The van der Waals surface area contributed by atoms with Crippen LogP contribution in [0.5, 0.6) is 0 Å². The smallest absolute Gasteiger partial charge is 0.226 e. The van der Waals surface area contributed by atoms with Gasteiger partial charge in [-0.15, -0.1) is 0 Å². The minimum absolute atomic E-state index is 0.0248. The zero-order valence-electron chi connectivity index (χ0n) is 16.6. The Morgan fingerprint density at radius 2 is 1.44 bits per heavy atom. The lowest BCUT2D eigenvalue weighted by Crippen LogP contribution is -2.53. The molecule has 0 unspecified atom stereocenters. The summed E-state index contributed by atoms with van der Waals surface area (Å²) in [4.78, 5) is 15.6. The van der Waals surface area contributed by atoms with Crippen LogP contribution in [-0.4, -0.2) is 23.9 Å². The number of likely N-dealkylation sites (tertiary alicyclic amines) is 1. The molecule has 4 bridgehead atoms. The molecular weight excluding hydrogens is 332 g/mol. The molecule has 5 aliphatic rings. The SMILES string of the molecule is O=C(NCc1ccc(CN2CCCCC2)cc1)C12CC3CC(CC(C3)C1)C2. The number of piperidine rings is 1. The molecule has 27 heavy (non-hydrogen) atoms. The maximum Gasteiger partial charge on any atom is 0.226 e. The van der Waals surface area contributed by atoms with Crippen molar-refractivity contribution in [3.05, 3.63) is 35.4 Å². The maximum atomic E-state index is 13.1.